The van der Waals surface area contributed by atoms with Crippen LogP contribution in [0.4, 0.5) is 0 Å². The van der Waals surface area contributed by atoms with Crippen molar-refractivity contribution < 1.29 is 0 Å². The molecule has 0 amide bonds. The molecule has 2 heteroatoms. The average molecular weight is 575 g/mol. The summed E-state index contributed by atoms with van der Waals surface area (Å²) in [5, 5.41) is 2.59. The molecule has 2 nitrogen and oxygen atoms in total. The number of hydrogen-bond acceptors (Lipinski definition) is 1. The fourth-order valence-corrected chi connectivity index (χ4v) is 7.11. The summed E-state index contributed by atoms with van der Waals surface area (Å²) in [6, 6.07) is 56.9. The van der Waals surface area contributed by atoms with Crippen molar-refractivity contribution in [3.05, 3.63) is 169 Å². The van der Waals surface area contributed by atoms with Crippen LogP contribution in [0.5, 0.6) is 0 Å². The summed E-state index contributed by atoms with van der Waals surface area (Å²) in [5.74, 6) is 0. The van der Waals surface area contributed by atoms with Gasteiger partial charge < -0.3 is 4.57 Å². The van der Waals surface area contributed by atoms with Crippen molar-refractivity contribution in [1.29, 1.82) is 0 Å². The lowest BCUT2D eigenvalue weighted by Gasteiger charge is -2.22. The molecule has 0 aliphatic heterocycles. The summed E-state index contributed by atoms with van der Waals surface area (Å²) in [4.78, 5) is 5.18. The van der Waals surface area contributed by atoms with Crippen LogP contribution in [-0.4, -0.2) is 9.55 Å². The summed E-state index contributed by atoms with van der Waals surface area (Å²) >= 11 is 0. The van der Waals surface area contributed by atoms with Crippen LogP contribution in [0.15, 0.2) is 158 Å². The summed E-state index contributed by atoms with van der Waals surface area (Å²) in [6.45, 7) is 0. The SMILES string of the molecule is c1ccc(-c2cc(-c3ccccc3)nc(-c3ccc4c(c3)CCc3cc(-n5c6ccccc6c6ccccc65)ccc3-4)c2)cc1. The van der Waals surface area contributed by atoms with Crippen molar-refractivity contribution >= 4 is 21.8 Å². The van der Waals surface area contributed by atoms with Gasteiger partial charge >= 0.3 is 0 Å². The van der Waals surface area contributed by atoms with Gasteiger partial charge in [0.25, 0.3) is 0 Å². The monoisotopic (exact) mass is 574 g/mol. The minimum atomic E-state index is 0.993. The first-order valence-corrected chi connectivity index (χ1v) is 15.7. The van der Waals surface area contributed by atoms with Crippen LogP contribution in [0.2, 0.25) is 0 Å². The molecule has 0 bridgehead atoms. The van der Waals surface area contributed by atoms with E-state index in [-0.39, 0.29) is 0 Å². The largest absolute Gasteiger partial charge is 0.309 e. The molecular weight excluding hydrogens is 544 g/mol. The minimum absolute atomic E-state index is 0.993. The van der Waals surface area contributed by atoms with E-state index in [1.807, 2.05) is 0 Å². The van der Waals surface area contributed by atoms with E-state index in [1.165, 1.54) is 60.9 Å². The number of pyridine rings is 1. The van der Waals surface area contributed by atoms with Crippen molar-refractivity contribution in [2.75, 3.05) is 0 Å². The quantitative estimate of drug-likeness (QED) is 0.204. The van der Waals surface area contributed by atoms with E-state index in [9.17, 15) is 0 Å². The van der Waals surface area contributed by atoms with E-state index in [4.69, 9.17) is 4.98 Å². The van der Waals surface area contributed by atoms with Crippen LogP contribution in [0.3, 0.4) is 0 Å². The highest BCUT2D eigenvalue weighted by Crippen LogP contribution is 2.39. The van der Waals surface area contributed by atoms with Crippen molar-refractivity contribution in [2.24, 2.45) is 0 Å². The molecule has 0 unspecified atom stereocenters. The maximum absolute atomic E-state index is 5.18. The van der Waals surface area contributed by atoms with E-state index in [0.29, 0.717) is 0 Å². The standard InChI is InChI=1S/C43H30N2/c1-3-11-29(12-4-1)34-27-40(30-13-5-2-6-14-30)44-41(28-34)33-21-23-36-31(25-33)19-20-32-26-35(22-24-37(32)36)45-42-17-9-7-15-38(42)39-16-8-10-18-43(39)45/h1-18,21-28H,19-20H2. The lowest BCUT2D eigenvalue weighted by Crippen LogP contribution is -2.06. The van der Waals surface area contributed by atoms with Crippen molar-refractivity contribution in [3.63, 3.8) is 0 Å². The van der Waals surface area contributed by atoms with E-state index < -0.39 is 0 Å². The van der Waals surface area contributed by atoms with Crippen LogP contribution in [0, 0.1) is 0 Å². The van der Waals surface area contributed by atoms with Crippen molar-refractivity contribution in [2.45, 2.75) is 12.8 Å². The maximum atomic E-state index is 5.18. The highest BCUT2D eigenvalue weighted by atomic mass is 15.0. The van der Waals surface area contributed by atoms with Gasteiger partial charge in [0.15, 0.2) is 0 Å². The molecular formula is C43H30N2. The third-order valence-corrected chi connectivity index (χ3v) is 9.28. The Hall–Kier alpha value is -5.73. The third kappa shape index (κ3) is 4.38. The molecule has 0 N–H and O–H groups in total. The van der Waals surface area contributed by atoms with Gasteiger partial charge in [0, 0.05) is 27.6 Å². The highest BCUT2D eigenvalue weighted by molar-refractivity contribution is 6.09. The Balaban J connectivity index is 1.13. The van der Waals surface area contributed by atoms with Crippen molar-refractivity contribution in [1.82, 2.24) is 9.55 Å². The molecule has 0 spiro atoms. The normalized spacial score (nSPS) is 12.3. The fraction of sp³-hybridized carbons (Fsp3) is 0.0465. The molecule has 9 rings (SSSR count). The molecule has 0 radical (unpaired) electrons. The molecule has 0 saturated heterocycles. The van der Waals surface area contributed by atoms with Gasteiger partial charge in [-0.3, -0.25) is 0 Å². The van der Waals surface area contributed by atoms with E-state index in [0.717, 1.165) is 35.4 Å². The topological polar surface area (TPSA) is 17.8 Å². The maximum Gasteiger partial charge on any atom is 0.0715 e. The first kappa shape index (κ1) is 25.7. The van der Waals surface area contributed by atoms with Gasteiger partial charge in [0.1, 0.15) is 0 Å². The summed E-state index contributed by atoms with van der Waals surface area (Å²) in [5.41, 5.74) is 15.8. The van der Waals surface area contributed by atoms with Crippen LogP contribution < -0.4 is 0 Å². The molecule has 0 saturated carbocycles. The molecule has 8 aromatic rings. The molecule has 0 atom stereocenters. The molecule has 0 fully saturated rings. The molecule has 45 heavy (non-hydrogen) atoms. The van der Waals surface area contributed by atoms with Gasteiger partial charge in [-0.1, -0.05) is 115 Å². The zero-order chi connectivity index (χ0) is 29.7. The van der Waals surface area contributed by atoms with Gasteiger partial charge in [0.05, 0.1) is 22.4 Å². The molecule has 2 aromatic heterocycles. The molecule has 212 valence electrons. The van der Waals surface area contributed by atoms with Gasteiger partial charge in [-0.25, -0.2) is 4.98 Å². The fourth-order valence-electron chi connectivity index (χ4n) is 7.11. The zero-order valence-electron chi connectivity index (χ0n) is 24.8. The third-order valence-electron chi connectivity index (χ3n) is 9.28. The van der Waals surface area contributed by atoms with Gasteiger partial charge in [0.2, 0.25) is 0 Å². The lowest BCUT2D eigenvalue weighted by atomic mass is 9.84. The summed E-state index contributed by atoms with van der Waals surface area (Å²) < 4.78 is 2.42. The number of hydrogen-bond donors (Lipinski definition) is 0. The first-order chi connectivity index (χ1) is 22.3. The second-order valence-electron chi connectivity index (χ2n) is 11.9. The average Bonchev–Trinajstić information content (AvgIpc) is 3.46. The summed E-state index contributed by atoms with van der Waals surface area (Å²) in [6.07, 6.45) is 2.03. The van der Waals surface area contributed by atoms with Crippen LogP contribution in [0.25, 0.3) is 72.3 Å². The van der Waals surface area contributed by atoms with Crippen LogP contribution in [0.1, 0.15) is 11.1 Å². The predicted octanol–water partition coefficient (Wildman–Crippen LogP) is 10.9. The molecule has 1 aliphatic rings. The number of aromatic nitrogens is 2. The highest BCUT2D eigenvalue weighted by Gasteiger charge is 2.20. The Morgan fingerprint density at radius 1 is 0.400 bits per heavy atom. The van der Waals surface area contributed by atoms with Crippen molar-refractivity contribution in [3.8, 4) is 50.5 Å². The second kappa shape index (κ2) is 10.5. The summed E-state index contributed by atoms with van der Waals surface area (Å²) in [7, 11) is 0. The second-order valence-corrected chi connectivity index (χ2v) is 11.9. The van der Waals surface area contributed by atoms with Crippen LogP contribution >= 0.6 is 0 Å². The van der Waals surface area contributed by atoms with Gasteiger partial charge in [-0.15, -0.1) is 0 Å². The Morgan fingerprint density at radius 3 is 1.60 bits per heavy atom. The smallest absolute Gasteiger partial charge is 0.0715 e. The number of nitrogens with zero attached hydrogens (tertiary/aromatic N) is 2. The number of aryl methyl sites for hydroxylation is 2. The van der Waals surface area contributed by atoms with E-state index >= 15 is 0 Å². The molecule has 1 aliphatic carbocycles. The predicted molar refractivity (Wildman–Crippen MR) is 188 cm³/mol. The van der Waals surface area contributed by atoms with Gasteiger partial charge in [-0.05, 0) is 88.7 Å². The van der Waals surface area contributed by atoms with Gasteiger partial charge in [-0.2, -0.15) is 0 Å². The minimum Gasteiger partial charge on any atom is -0.309 e. The Morgan fingerprint density at radius 2 is 0.933 bits per heavy atom. The zero-order valence-corrected chi connectivity index (χ0v) is 24.8. The van der Waals surface area contributed by atoms with Crippen LogP contribution in [-0.2, 0) is 12.8 Å². The number of rotatable bonds is 4. The number of fused-ring (bicyclic) bond motifs is 6. The Kier molecular flexibility index (Phi) is 5.99. The molecule has 2 heterocycles. The number of benzene rings is 6. The Labute approximate surface area is 262 Å². The molecule has 6 aromatic carbocycles. The van der Waals surface area contributed by atoms with E-state index in [2.05, 4.69) is 162 Å². The Bertz CT molecular complexity index is 2250. The number of para-hydroxylation sites is 2. The first-order valence-electron chi connectivity index (χ1n) is 15.7. The van der Waals surface area contributed by atoms with E-state index in [1.54, 1.807) is 0 Å². The lowest BCUT2D eigenvalue weighted by molar-refractivity contribution is 0.938.